The molecular weight excluding hydrogens is 410 g/mol. The maximum absolute atomic E-state index is 12.5. The molecule has 178 valence electrons. The van der Waals surface area contributed by atoms with Crippen LogP contribution in [0.4, 0.5) is 0 Å². The molecule has 0 fully saturated rings. The lowest BCUT2D eigenvalue weighted by atomic mass is 9.99. The van der Waals surface area contributed by atoms with Crippen LogP contribution in [0, 0.1) is 5.92 Å². The molecule has 3 amide bonds. The summed E-state index contributed by atoms with van der Waals surface area (Å²) in [7, 11) is 0. The summed E-state index contributed by atoms with van der Waals surface area (Å²) in [5.74, 6) is -3.71. The number of hydrogen-bond acceptors (Lipinski definition) is 7. The smallest absolute Gasteiger partial charge is 0.326 e. The van der Waals surface area contributed by atoms with E-state index in [2.05, 4.69) is 20.9 Å². The summed E-state index contributed by atoms with van der Waals surface area (Å²) in [6.07, 6.45) is -0.129. The summed E-state index contributed by atoms with van der Waals surface area (Å²) in [6.45, 7) is 4.54. The van der Waals surface area contributed by atoms with Gasteiger partial charge in [0.2, 0.25) is 17.7 Å². The molecule has 5 atom stereocenters. The van der Waals surface area contributed by atoms with E-state index in [9.17, 15) is 29.4 Å². The van der Waals surface area contributed by atoms with E-state index < -0.39 is 54.5 Å². The second-order valence-electron chi connectivity index (χ2n) is 7.26. The van der Waals surface area contributed by atoms with Gasteiger partial charge < -0.3 is 43.4 Å². The fourth-order valence-electron chi connectivity index (χ4n) is 2.46. The Morgan fingerprint density at radius 1 is 1.06 bits per heavy atom. The molecule has 13 nitrogen and oxygen atoms in total. The normalized spacial score (nSPS) is 15.5. The monoisotopic (exact) mass is 445 g/mol. The Balaban J connectivity index is 5.00. The van der Waals surface area contributed by atoms with Gasteiger partial charge in [-0.25, -0.2) is 4.79 Å². The third kappa shape index (κ3) is 11.1. The maximum atomic E-state index is 12.5. The first-order chi connectivity index (χ1) is 14.4. The molecular formula is C18H35N7O6. The molecule has 0 aliphatic carbocycles. The molecule has 0 heterocycles. The highest BCUT2D eigenvalue weighted by molar-refractivity contribution is 5.92. The van der Waals surface area contributed by atoms with E-state index in [1.165, 1.54) is 6.92 Å². The quantitative estimate of drug-likeness (QED) is 0.0769. The van der Waals surface area contributed by atoms with Crippen molar-refractivity contribution in [1.82, 2.24) is 16.0 Å². The summed E-state index contributed by atoms with van der Waals surface area (Å²) in [6, 6.07) is -3.40. The van der Waals surface area contributed by atoms with Crippen molar-refractivity contribution in [2.24, 2.45) is 28.1 Å². The third-order valence-corrected chi connectivity index (χ3v) is 4.62. The van der Waals surface area contributed by atoms with Crippen LogP contribution in [-0.2, 0) is 19.2 Å². The largest absolute Gasteiger partial charge is 0.480 e. The minimum absolute atomic E-state index is 0.118. The van der Waals surface area contributed by atoms with Crippen LogP contribution in [0.15, 0.2) is 4.99 Å². The van der Waals surface area contributed by atoms with Gasteiger partial charge in [0.25, 0.3) is 0 Å². The number of carbonyl (C=O) groups is 4. The average molecular weight is 446 g/mol. The molecule has 0 radical (unpaired) electrons. The van der Waals surface area contributed by atoms with Gasteiger partial charge in [-0.05, 0) is 25.7 Å². The van der Waals surface area contributed by atoms with E-state index in [1.54, 1.807) is 13.8 Å². The minimum Gasteiger partial charge on any atom is -0.480 e. The van der Waals surface area contributed by atoms with Crippen molar-refractivity contribution in [3.8, 4) is 0 Å². The summed E-state index contributed by atoms with van der Waals surface area (Å²) in [4.78, 5) is 51.8. The van der Waals surface area contributed by atoms with Crippen molar-refractivity contribution in [3.63, 3.8) is 0 Å². The number of nitrogens with two attached hydrogens (primary N) is 3. The highest BCUT2D eigenvalue weighted by Gasteiger charge is 2.28. The van der Waals surface area contributed by atoms with Crippen LogP contribution in [0.3, 0.4) is 0 Å². The van der Waals surface area contributed by atoms with Crippen molar-refractivity contribution in [2.75, 3.05) is 13.1 Å². The predicted molar refractivity (Wildman–Crippen MR) is 114 cm³/mol. The van der Waals surface area contributed by atoms with Crippen LogP contribution >= 0.6 is 0 Å². The van der Waals surface area contributed by atoms with E-state index in [-0.39, 0.29) is 24.8 Å². The molecule has 0 saturated carbocycles. The van der Waals surface area contributed by atoms with E-state index in [0.29, 0.717) is 12.8 Å². The first kappa shape index (κ1) is 28.1. The molecule has 0 aromatic carbocycles. The molecule has 0 spiro atoms. The van der Waals surface area contributed by atoms with Gasteiger partial charge >= 0.3 is 5.97 Å². The van der Waals surface area contributed by atoms with Crippen LogP contribution in [-0.4, -0.2) is 77.2 Å². The van der Waals surface area contributed by atoms with E-state index in [1.807, 2.05) is 0 Å². The second-order valence-corrected chi connectivity index (χ2v) is 7.26. The van der Waals surface area contributed by atoms with E-state index >= 15 is 0 Å². The van der Waals surface area contributed by atoms with E-state index in [4.69, 9.17) is 17.2 Å². The number of guanidine groups is 1. The highest BCUT2D eigenvalue weighted by atomic mass is 16.4. The lowest BCUT2D eigenvalue weighted by Crippen LogP contribution is -2.55. The van der Waals surface area contributed by atoms with Gasteiger partial charge in [0.1, 0.15) is 18.1 Å². The number of aliphatic hydroxyl groups excluding tert-OH is 1. The molecule has 0 aliphatic rings. The molecule has 31 heavy (non-hydrogen) atoms. The van der Waals surface area contributed by atoms with Crippen LogP contribution in [0.25, 0.3) is 0 Å². The van der Waals surface area contributed by atoms with Crippen molar-refractivity contribution >= 4 is 29.7 Å². The summed E-state index contributed by atoms with van der Waals surface area (Å²) >= 11 is 0. The summed E-state index contributed by atoms with van der Waals surface area (Å²) < 4.78 is 0. The number of rotatable bonds is 14. The van der Waals surface area contributed by atoms with Crippen molar-refractivity contribution in [2.45, 2.75) is 64.3 Å². The number of nitrogens with one attached hydrogen (secondary N) is 3. The molecule has 0 aromatic heterocycles. The van der Waals surface area contributed by atoms with E-state index in [0.717, 1.165) is 0 Å². The molecule has 11 N–H and O–H groups in total. The van der Waals surface area contributed by atoms with Gasteiger partial charge in [-0.3, -0.25) is 19.4 Å². The van der Waals surface area contributed by atoms with Crippen molar-refractivity contribution < 1.29 is 29.4 Å². The first-order valence-corrected chi connectivity index (χ1v) is 9.99. The molecule has 0 aliphatic heterocycles. The Bertz CT molecular complexity index is 651. The standard InChI is InChI=1S/C18H35N7O6/c1-4-9(2)14(17(30)31)25-12(27)8-23-15(28)11(6-5-7-22-18(20)21)24-16(29)13(19)10(3)26/h9-11,13-14,26H,4-8,19H2,1-3H3,(H,23,28)(H,24,29)(H,25,27)(H,30,31)(H4,20,21,22). The Labute approximate surface area is 181 Å². The molecule has 0 rings (SSSR count). The minimum atomic E-state index is -1.25. The molecule has 0 bridgehead atoms. The van der Waals surface area contributed by atoms with Gasteiger partial charge in [0, 0.05) is 6.54 Å². The first-order valence-electron chi connectivity index (χ1n) is 9.99. The zero-order valence-corrected chi connectivity index (χ0v) is 18.1. The Kier molecular flexibility index (Phi) is 12.8. The average Bonchev–Trinajstić information content (AvgIpc) is 2.70. The molecule has 13 heteroatoms. The number of hydrogen-bond donors (Lipinski definition) is 8. The lowest BCUT2D eigenvalue weighted by Gasteiger charge is -2.22. The fourth-order valence-corrected chi connectivity index (χ4v) is 2.46. The SMILES string of the molecule is CCC(C)C(NC(=O)CNC(=O)C(CCCN=C(N)N)NC(=O)C(N)C(C)O)C(=O)O. The number of carboxylic acids is 1. The lowest BCUT2D eigenvalue weighted by molar-refractivity contribution is -0.143. The zero-order valence-electron chi connectivity index (χ0n) is 18.1. The van der Waals surface area contributed by atoms with Crippen LogP contribution in [0.5, 0.6) is 0 Å². The predicted octanol–water partition coefficient (Wildman–Crippen LogP) is -3.04. The summed E-state index contributed by atoms with van der Waals surface area (Å²) in [5.41, 5.74) is 16.1. The topological polar surface area (TPSA) is 235 Å². The van der Waals surface area contributed by atoms with Crippen LogP contribution < -0.4 is 33.2 Å². The Morgan fingerprint density at radius 2 is 1.68 bits per heavy atom. The van der Waals surface area contributed by atoms with Crippen LogP contribution in [0.1, 0.15) is 40.0 Å². The molecule has 0 saturated heterocycles. The Hall–Kier alpha value is -2.93. The fraction of sp³-hybridized carbons (Fsp3) is 0.722. The number of aliphatic hydroxyl groups is 1. The van der Waals surface area contributed by atoms with Gasteiger partial charge in [-0.1, -0.05) is 20.3 Å². The second kappa shape index (κ2) is 14.1. The van der Waals surface area contributed by atoms with Gasteiger partial charge in [0.15, 0.2) is 5.96 Å². The van der Waals surface area contributed by atoms with Gasteiger partial charge in [0.05, 0.1) is 12.6 Å². The molecule has 5 unspecified atom stereocenters. The number of aliphatic imine (C=N–C) groups is 1. The van der Waals surface area contributed by atoms with Crippen molar-refractivity contribution in [3.05, 3.63) is 0 Å². The zero-order chi connectivity index (χ0) is 24.1. The molecule has 0 aromatic rings. The van der Waals surface area contributed by atoms with Gasteiger partial charge in [-0.2, -0.15) is 0 Å². The maximum Gasteiger partial charge on any atom is 0.326 e. The number of amides is 3. The van der Waals surface area contributed by atoms with Crippen LogP contribution in [0.2, 0.25) is 0 Å². The van der Waals surface area contributed by atoms with Gasteiger partial charge in [-0.15, -0.1) is 0 Å². The third-order valence-electron chi connectivity index (χ3n) is 4.62. The number of aliphatic carboxylic acids is 1. The Morgan fingerprint density at radius 3 is 2.16 bits per heavy atom. The number of carbonyl (C=O) groups excluding carboxylic acids is 3. The van der Waals surface area contributed by atoms with Crippen molar-refractivity contribution in [1.29, 1.82) is 0 Å². The number of carboxylic acid groups (broad SMARTS) is 1. The highest BCUT2D eigenvalue weighted by Crippen LogP contribution is 2.07. The number of nitrogens with zero attached hydrogens (tertiary/aromatic N) is 1. The summed E-state index contributed by atoms with van der Waals surface area (Å²) in [5, 5.41) is 25.8.